The van der Waals surface area contributed by atoms with Gasteiger partial charge in [-0.3, -0.25) is 4.90 Å². The molecule has 102 valence electrons. The summed E-state index contributed by atoms with van der Waals surface area (Å²) in [6, 6.07) is 1.22. The molecule has 0 bridgehead atoms. The minimum Gasteiger partial charge on any atom is -0.339 e. The molecule has 0 aliphatic carbocycles. The Bertz CT molecular complexity index is 366. The van der Waals surface area contributed by atoms with Crippen LogP contribution in [0.25, 0.3) is 0 Å². The maximum atomic E-state index is 5.16. The summed E-state index contributed by atoms with van der Waals surface area (Å²) in [6.07, 6.45) is 3.34. The highest BCUT2D eigenvalue weighted by Gasteiger charge is 2.24. The fraction of sp³-hybridized carbons (Fsp3) is 0.846. The highest BCUT2D eigenvalue weighted by molar-refractivity contribution is 4.88. The fourth-order valence-corrected chi connectivity index (χ4v) is 2.53. The summed E-state index contributed by atoms with van der Waals surface area (Å²) in [7, 11) is 0. The summed E-state index contributed by atoms with van der Waals surface area (Å²) < 4.78 is 5.16. The van der Waals surface area contributed by atoms with Crippen LogP contribution >= 0.6 is 0 Å². The van der Waals surface area contributed by atoms with Gasteiger partial charge in [-0.1, -0.05) is 18.5 Å². The first-order chi connectivity index (χ1) is 8.69. The molecule has 0 spiro atoms. The molecule has 18 heavy (non-hydrogen) atoms. The quantitative estimate of drug-likeness (QED) is 0.858. The number of aryl methyl sites for hydroxylation is 1. The standard InChI is InChI=1S/C13H24N4O/c1-4-5-12-9-17(10(2)8-14-12)7-6-13-15-11(3)16-18-13/h10,12,14H,4-9H2,1-3H3. The zero-order valence-electron chi connectivity index (χ0n) is 11.6. The van der Waals surface area contributed by atoms with E-state index in [1.54, 1.807) is 0 Å². The predicted molar refractivity (Wildman–Crippen MR) is 70.5 cm³/mol. The van der Waals surface area contributed by atoms with E-state index in [0.717, 1.165) is 37.8 Å². The normalized spacial score (nSPS) is 25.5. The second-order valence-electron chi connectivity index (χ2n) is 5.22. The van der Waals surface area contributed by atoms with Gasteiger partial charge in [-0.25, -0.2) is 0 Å². The monoisotopic (exact) mass is 252 g/mol. The van der Waals surface area contributed by atoms with Crippen LogP contribution in [-0.4, -0.2) is 46.8 Å². The highest BCUT2D eigenvalue weighted by atomic mass is 16.5. The molecule has 2 heterocycles. The van der Waals surface area contributed by atoms with Crippen LogP contribution in [0.4, 0.5) is 0 Å². The van der Waals surface area contributed by atoms with Crippen LogP contribution in [0.2, 0.25) is 0 Å². The van der Waals surface area contributed by atoms with Gasteiger partial charge in [0.05, 0.1) is 0 Å². The van der Waals surface area contributed by atoms with Crippen LogP contribution in [0.5, 0.6) is 0 Å². The number of nitrogens with one attached hydrogen (secondary N) is 1. The molecule has 5 heteroatoms. The Balaban J connectivity index is 1.82. The molecule has 1 saturated heterocycles. The zero-order valence-corrected chi connectivity index (χ0v) is 11.6. The molecule has 1 fully saturated rings. The van der Waals surface area contributed by atoms with Gasteiger partial charge in [-0.05, 0) is 20.3 Å². The first kappa shape index (κ1) is 13.5. The lowest BCUT2D eigenvalue weighted by atomic mass is 10.1. The highest BCUT2D eigenvalue weighted by Crippen LogP contribution is 2.11. The van der Waals surface area contributed by atoms with Crippen molar-refractivity contribution in [1.82, 2.24) is 20.4 Å². The van der Waals surface area contributed by atoms with Crippen molar-refractivity contribution in [2.75, 3.05) is 19.6 Å². The second-order valence-corrected chi connectivity index (χ2v) is 5.22. The van der Waals surface area contributed by atoms with Gasteiger partial charge in [0.15, 0.2) is 5.82 Å². The average Bonchev–Trinajstić information content (AvgIpc) is 2.76. The molecule has 2 unspecified atom stereocenters. The molecule has 5 nitrogen and oxygen atoms in total. The van der Waals surface area contributed by atoms with Crippen LogP contribution in [0.1, 0.15) is 38.4 Å². The number of piperazine rings is 1. The Hall–Kier alpha value is -0.940. The van der Waals surface area contributed by atoms with Crippen molar-refractivity contribution in [3.8, 4) is 0 Å². The Morgan fingerprint density at radius 2 is 2.33 bits per heavy atom. The first-order valence-corrected chi connectivity index (χ1v) is 6.95. The van der Waals surface area contributed by atoms with Crippen molar-refractivity contribution in [3.05, 3.63) is 11.7 Å². The summed E-state index contributed by atoms with van der Waals surface area (Å²) in [4.78, 5) is 6.78. The topological polar surface area (TPSA) is 54.2 Å². The van der Waals surface area contributed by atoms with E-state index >= 15 is 0 Å². The van der Waals surface area contributed by atoms with Gasteiger partial charge in [0.25, 0.3) is 0 Å². The van der Waals surface area contributed by atoms with E-state index in [1.165, 1.54) is 12.8 Å². The molecule has 0 radical (unpaired) electrons. The average molecular weight is 252 g/mol. The van der Waals surface area contributed by atoms with Crippen LogP contribution in [0.3, 0.4) is 0 Å². The maximum absolute atomic E-state index is 5.16. The Kier molecular flexibility index (Phi) is 4.72. The van der Waals surface area contributed by atoms with Gasteiger partial charge in [-0.2, -0.15) is 4.98 Å². The van der Waals surface area contributed by atoms with Crippen LogP contribution in [-0.2, 0) is 6.42 Å². The minimum absolute atomic E-state index is 0.585. The number of hydrogen-bond donors (Lipinski definition) is 1. The zero-order chi connectivity index (χ0) is 13.0. The van der Waals surface area contributed by atoms with E-state index in [2.05, 4.69) is 34.2 Å². The molecule has 0 saturated carbocycles. The Morgan fingerprint density at radius 3 is 3.00 bits per heavy atom. The smallest absolute Gasteiger partial charge is 0.227 e. The molecule has 1 aliphatic rings. The number of hydrogen-bond acceptors (Lipinski definition) is 5. The Labute approximate surface area is 109 Å². The van der Waals surface area contributed by atoms with Gasteiger partial charge in [0, 0.05) is 38.1 Å². The fourth-order valence-electron chi connectivity index (χ4n) is 2.53. The molecule has 1 aromatic heterocycles. The van der Waals surface area contributed by atoms with Crippen molar-refractivity contribution >= 4 is 0 Å². The molecule has 1 aliphatic heterocycles. The van der Waals surface area contributed by atoms with Crippen LogP contribution < -0.4 is 5.32 Å². The lowest BCUT2D eigenvalue weighted by Gasteiger charge is -2.38. The largest absolute Gasteiger partial charge is 0.339 e. The molecule has 2 atom stereocenters. The molecular formula is C13H24N4O. The van der Waals surface area contributed by atoms with Gasteiger partial charge in [-0.15, -0.1) is 0 Å². The number of rotatable bonds is 5. The van der Waals surface area contributed by atoms with Gasteiger partial charge in [0.2, 0.25) is 5.89 Å². The minimum atomic E-state index is 0.585. The molecule has 1 N–H and O–H groups in total. The molecular weight excluding hydrogens is 228 g/mol. The summed E-state index contributed by atoms with van der Waals surface area (Å²) >= 11 is 0. The summed E-state index contributed by atoms with van der Waals surface area (Å²) in [5.74, 6) is 1.48. The number of aromatic nitrogens is 2. The van der Waals surface area contributed by atoms with Crippen molar-refractivity contribution in [3.63, 3.8) is 0 Å². The second kappa shape index (κ2) is 6.29. The molecule has 0 amide bonds. The lowest BCUT2D eigenvalue weighted by molar-refractivity contribution is 0.135. The van der Waals surface area contributed by atoms with E-state index < -0.39 is 0 Å². The van der Waals surface area contributed by atoms with E-state index in [9.17, 15) is 0 Å². The lowest BCUT2D eigenvalue weighted by Crippen LogP contribution is -2.55. The van der Waals surface area contributed by atoms with Crippen molar-refractivity contribution in [2.24, 2.45) is 0 Å². The van der Waals surface area contributed by atoms with E-state index in [-0.39, 0.29) is 0 Å². The SMILES string of the molecule is CCCC1CN(CCc2nc(C)no2)C(C)CN1. The first-order valence-electron chi connectivity index (χ1n) is 6.95. The van der Waals surface area contributed by atoms with Crippen LogP contribution in [0.15, 0.2) is 4.52 Å². The van der Waals surface area contributed by atoms with E-state index in [4.69, 9.17) is 4.52 Å². The summed E-state index contributed by atoms with van der Waals surface area (Å²) in [5, 5.41) is 7.44. The summed E-state index contributed by atoms with van der Waals surface area (Å²) in [6.45, 7) is 9.58. The van der Waals surface area contributed by atoms with Crippen molar-refractivity contribution < 1.29 is 4.52 Å². The predicted octanol–water partition coefficient (Wildman–Crippen LogP) is 1.38. The van der Waals surface area contributed by atoms with Crippen molar-refractivity contribution in [2.45, 2.75) is 52.1 Å². The van der Waals surface area contributed by atoms with E-state index in [1.807, 2.05) is 6.92 Å². The van der Waals surface area contributed by atoms with Gasteiger partial charge < -0.3 is 9.84 Å². The molecule has 2 rings (SSSR count). The van der Waals surface area contributed by atoms with Gasteiger partial charge >= 0.3 is 0 Å². The third kappa shape index (κ3) is 3.53. The molecule has 0 aromatic carbocycles. The van der Waals surface area contributed by atoms with Crippen molar-refractivity contribution in [1.29, 1.82) is 0 Å². The molecule has 1 aromatic rings. The van der Waals surface area contributed by atoms with Crippen LogP contribution in [0, 0.1) is 6.92 Å². The van der Waals surface area contributed by atoms with E-state index in [0.29, 0.717) is 12.1 Å². The number of nitrogens with zero attached hydrogens (tertiary/aromatic N) is 3. The van der Waals surface area contributed by atoms with Gasteiger partial charge in [0.1, 0.15) is 0 Å². The maximum Gasteiger partial charge on any atom is 0.227 e. The third-order valence-electron chi connectivity index (χ3n) is 3.60. The summed E-state index contributed by atoms with van der Waals surface area (Å²) in [5.41, 5.74) is 0. The Morgan fingerprint density at radius 1 is 1.50 bits per heavy atom. The third-order valence-corrected chi connectivity index (χ3v) is 3.60.